The van der Waals surface area contributed by atoms with Crippen molar-refractivity contribution in [2.24, 2.45) is 0 Å². The quantitative estimate of drug-likeness (QED) is 0.873. The normalized spacial score (nSPS) is 9.83. The second-order valence-corrected chi connectivity index (χ2v) is 4.12. The highest BCUT2D eigenvalue weighted by atomic mass is 15.2. The fraction of sp³-hybridized carbons (Fsp3) is 0.143. The lowest BCUT2D eigenvalue weighted by molar-refractivity contribution is 1.12. The number of nitrogens with two attached hydrogens (primary N) is 1. The molecule has 0 atom stereocenters. The smallest absolute Gasteiger partial charge is 0.133 e. The minimum atomic E-state index is 0.647. The number of anilines is 3. The van der Waals surface area contributed by atoms with Crippen molar-refractivity contribution in [1.82, 2.24) is 4.98 Å². The molecule has 1 heterocycles. The summed E-state index contributed by atoms with van der Waals surface area (Å²) >= 11 is 0. The number of hydrogen-bond donors (Lipinski definition) is 1. The summed E-state index contributed by atoms with van der Waals surface area (Å²) in [6, 6.07) is 11.4. The third-order valence-electron chi connectivity index (χ3n) is 2.86. The van der Waals surface area contributed by atoms with Gasteiger partial charge in [0.05, 0.1) is 23.5 Å². The molecule has 0 saturated carbocycles. The molecule has 0 radical (unpaired) electrons. The number of pyridine rings is 1. The highest BCUT2D eigenvalue weighted by Crippen LogP contribution is 2.24. The van der Waals surface area contributed by atoms with E-state index in [1.165, 1.54) is 0 Å². The van der Waals surface area contributed by atoms with Gasteiger partial charge in [0.1, 0.15) is 5.82 Å². The summed E-state index contributed by atoms with van der Waals surface area (Å²) in [4.78, 5) is 6.25. The second-order valence-electron chi connectivity index (χ2n) is 4.12. The van der Waals surface area contributed by atoms with Crippen molar-refractivity contribution in [2.75, 3.05) is 17.7 Å². The van der Waals surface area contributed by atoms with E-state index in [1.54, 1.807) is 18.3 Å². The lowest BCUT2D eigenvalue weighted by Crippen LogP contribution is -2.11. The van der Waals surface area contributed by atoms with E-state index in [4.69, 9.17) is 11.0 Å². The van der Waals surface area contributed by atoms with Gasteiger partial charge in [-0.15, -0.1) is 0 Å². The van der Waals surface area contributed by atoms with E-state index >= 15 is 0 Å². The van der Waals surface area contributed by atoms with Gasteiger partial charge in [0.25, 0.3) is 0 Å². The van der Waals surface area contributed by atoms with Crippen molar-refractivity contribution in [3.8, 4) is 6.07 Å². The molecule has 2 rings (SSSR count). The minimum absolute atomic E-state index is 0.647. The molecule has 90 valence electrons. The average Bonchev–Trinajstić information content (AvgIpc) is 2.41. The Hall–Kier alpha value is -2.54. The van der Waals surface area contributed by atoms with Crippen LogP contribution < -0.4 is 10.6 Å². The van der Waals surface area contributed by atoms with Crippen LogP contribution in [0.4, 0.5) is 17.2 Å². The van der Waals surface area contributed by atoms with Gasteiger partial charge in [-0.3, -0.25) is 0 Å². The molecule has 0 saturated heterocycles. The highest BCUT2D eigenvalue weighted by molar-refractivity contribution is 5.62. The van der Waals surface area contributed by atoms with Crippen molar-refractivity contribution in [1.29, 1.82) is 5.26 Å². The van der Waals surface area contributed by atoms with Crippen LogP contribution in [-0.2, 0) is 0 Å². The first-order valence-electron chi connectivity index (χ1n) is 5.58. The van der Waals surface area contributed by atoms with E-state index in [0.29, 0.717) is 11.3 Å². The summed E-state index contributed by atoms with van der Waals surface area (Å²) in [5, 5.41) is 8.76. The van der Waals surface area contributed by atoms with Gasteiger partial charge in [-0.2, -0.15) is 5.26 Å². The van der Waals surface area contributed by atoms with E-state index in [1.807, 2.05) is 37.1 Å². The first-order valence-corrected chi connectivity index (χ1v) is 5.58. The minimum Gasteiger partial charge on any atom is -0.397 e. The lowest BCUT2D eigenvalue weighted by Gasteiger charge is -2.19. The van der Waals surface area contributed by atoms with E-state index in [0.717, 1.165) is 17.1 Å². The lowest BCUT2D eigenvalue weighted by atomic mass is 10.2. The Bertz CT molecular complexity index is 596. The van der Waals surface area contributed by atoms with E-state index in [-0.39, 0.29) is 0 Å². The Kier molecular flexibility index (Phi) is 3.16. The molecule has 18 heavy (non-hydrogen) atoms. The first-order chi connectivity index (χ1) is 8.61. The van der Waals surface area contributed by atoms with Gasteiger partial charge >= 0.3 is 0 Å². The van der Waals surface area contributed by atoms with Crippen molar-refractivity contribution in [2.45, 2.75) is 6.92 Å². The molecule has 0 aliphatic heterocycles. The zero-order valence-corrected chi connectivity index (χ0v) is 10.4. The number of nitrogens with zero attached hydrogens (tertiary/aromatic N) is 3. The van der Waals surface area contributed by atoms with Crippen LogP contribution in [0.5, 0.6) is 0 Å². The van der Waals surface area contributed by atoms with Crippen LogP contribution in [0.2, 0.25) is 0 Å². The molecule has 0 aliphatic rings. The average molecular weight is 238 g/mol. The number of aryl methyl sites for hydroxylation is 1. The van der Waals surface area contributed by atoms with Crippen LogP contribution in [0.15, 0.2) is 36.5 Å². The van der Waals surface area contributed by atoms with Crippen LogP contribution in [0.1, 0.15) is 11.1 Å². The molecule has 4 heteroatoms. The third kappa shape index (κ3) is 2.25. The van der Waals surface area contributed by atoms with Crippen LogP contribution in [0.25, 0.3) is 0 Å². The molecule has 0 amide bonds. The summed E-state index contributed by atoms with van der Waals surface area (Å²) in [6.45, 7) is 1.95. The van der Waals surface area contributed by atoms with Crippen molar-refractivity contribution in [3.63, 3.8) is 0 Å². The summed E-state index contributed by atoms with van der Waals surface area (Å²) in [5.41, 5.74) is 9.06. The number of nitriles is 1. The number of aromatic nitrogens is 1. The summed E-state index contributed by atoms with van der Waals surface area (Å²) in [7, 11) is 1.93. The second kappa shape index (κ2) is 4.76. The third-order valence-corrected chi connectivity index (χ3v) is 2.86. The SMILES string of the molecule is Cc1cc(N(C)c2ccc(C#N)cc2)ncc1N. The van der Waals surface area contributed by atoms with Crippen molar-refractivity contribution < 1.29 is 0 Å². The Morgan fingerprint density at radius 3 is 2.50 bits per heavy atom. The molecular weight excluding hydrogens is 224 g/mol. The van der Waals surface area contributed by atoms with Gasteiger partial charge in [0, 0.05) is 12.7 Å². The van der Waals surface area contributed by atoms with Gasteiger partial charge in [-0.05, 0) is 42.8 Å². The largest absolute Gasteiger partial charge is 0.397 e. The molecule has 2 aromatic rings. The number of rotatable bonds is 2. The van der Waals surface area contributed by atoms with Gasteiger partial charge in [0.15, 0.2) is 0 Å². The molecule has 2 N–H and O–H groups in total. The maximum absolute atomic E-state index is 8.76. The molecular formula is C14H14N4. The number of hydrogen-bond acceptors (Lipinski definition) is 4. The summed E-state index contributed by atoms with van der Waals surface area (Å²) < 4.78 is 0. The Morgan fingerprint density at radius 2 is 1.94 bits per heavy atom. The maximum atomic E-state index is 8.76. The van der Waals surface area contributed by atoms with Gasteiger partial charge in [-0.25, -0.2) is 4.98 Å². The van der Waals surface area contributed by atoms with Crippen LogP contribution in [-0.4, -0.2) is 12.0 Å². The molecule has 1 aromatic carbocycles. The Balaban J connectivity index is 2.32. The molecule has 0 aliphatic carbocycles. The maximum Gasteiger partial charge on any atom is 0.133 e. The van der Waals surface area contributed by atoms with Gasteiger partial charge in [-0.1, -0.05) is 0 Å². The molecule has 0 spiro atoms. The fourth-order valence-electron chi connectivity index (χ4n) is 1.63. The highest BCUT2D eigenvalue weighted by Gasteiger charge is 2.06. The molecule has 0 fully saturated rings. The fourth-order valence-corrected chi connectivity index (χ4v) is 1.63. The van der Waals surface area contributed by atoms with E-state index < -0.39 is 0 Å². The summed E-state index contributed by atoms with van der Waals surface area (Å²) in [5.74, 6) is 0.825. The molecule has 1 aromatic heterocycles. The number of nitrogen functional groups attached to an aromatic ring is 1. The van der Waals surface area contributed by atoms with E-state index in [2.05, 4.69) is 11.1 Å². The molecule has 0 bridgehead atoms. The van der Waals surface area contributed by atoms with Crippen molar-refractivity contribution in [3.05, 3.63) is 47.7 Å². The van der Waals surface area contributed by atoms with Crippen molar-refractivity contribution >= 4 is 17.2 Å². The summed E-state index contributed by atoms with van der Waals surface area (Å²) in [6.07, 6.45) is 1.66. The predicted molar refractivity (Wildman–Crippen MR) is 72.6 cm³/mol. The van der Waals surface area contributed by atoms with Gasteiger partial charge < -0.3 is 10.6 Å². The molecule has 0 unspecified atom stereocenters. The Labute approximate surface area is 106 Å². The topological polar surface area (TPSA) is 65.9 Å². The Morgan fingerprint density at radius 1 is 1.28 bits per heavy atom. The zero-order chi connectivity index (χ0) is 13.1. The van der Waals surface area contributed by atoms with E-state index in [9.17, 15) is 0 Å². The van der Waals surface area contributed by atoms with Gasteiger partial charge in [0.2, 0.25) is 0 Å². The monoisotopic (exact) mass is 238 g/mol. The van der Waals surface area contributed by atoms with Crippen LogP contribution >= 0.6 is 0 Å². The number of benzene rings is 1. The predicted octanol–water partition coefficient (Wildman–Crippen LogP) is 2.61. The zero-order valence-electron chi connectivity index (χ0n) is 10.4. The molecule has 4 nitrogen and oxygen atoms in total. The first kappa shape index (κ1) is 11.9. The standard InChI is InChI=1S/C14H14N4/c1-10-7-14(17-9-13(10)16)18(2)12-5-3-11(8-15)4-6-12/h3-7,9H,16H2,1-2H3. The van der Waals surface area contributed by atoms with Crippen LogP contribution in [0, 0.1) is 18.3 Å². The van der Waals surface area contributed by atoms with Crippen LogP contribution in [0.3, 0.4) is 0 Å².